The van der Waals surface area contributed by atoms with Gasteiger partial charge in [-0.1, -0.05) is 11.6 Å². The average Bonchev–Trinajstić information content (AvgIpc) is 2.26. The first-order valence-corrected chi connectivity index (χ1v) is 7.82. The van der Waals surface area contributed by atoms with Crippen LogP contribution in [0.3, 0.4) is 0 Å². The Kier molecular flexibility index (Phi) is 5.01. The molecular weight excluding hydrogens is 310 g/mol. The van der Waals surface area contributed by atoms with Crippen LogP contribution in [-0.4, -0.2) is 42.3 Å². The van der Waals surface area contributed by atoms with E-state index in [0.717, 1.165) is 18.5 Å². The molecule has 1 unspecified atom stereocenters. The van der Waals surface area contributed by atoms with E-state index in [1.807, 2.05) is 0 Å². The van der Waals surface area contributed by atoms with Gasteiger partial charge in [-0.05, 0) is 6.92 Å². The summed E-state index contributed by atoms with van der Waals surface area (Å²) in [6, 6.07) is 0.325. The van der Waals surface area contributed by atoms with Gasteiger partial charge in [-0.15, -0.1) is 0 Å². The summed E-state index contributed by atoms with van der Waals surface area (Å²) in [6.07, 6.45) is 1.97. The Morgan fingerprint density at radius 1 is 1.60 bits per heavy atom. The lowest BCUT2D eigenvalue weighted by Crippen LogP contribution is -2.37. The Morgan fingerprint density at radius 2 is 2.20 bits per heavy atom. The minimum Gasteiger partial charge on any atom is -0.348 e. The highest BCUT2D eigenvalue weighted by atomic mass is 35.5. The molecule has 0 saturated carbocycles. The Balaban J connectivity index is 2.92. The number of amides is 1. The number of sulfone groups is 1. The van der Waals surface area contributed by atoms with Crippen LogP contribution < -0.4 is 5.32 Å². The fourth-order valence-electron chi connectivity index (χ4n) is 1.49. The zero-order chi connectivity index (χ0) is 15.5. The molecule has 1 aromatic heterocycles. The number of nitrogens with zero attached hydrogens (tertiary/aromatic N) is 2. The van der Waals surface area contributed by atoms with E-state index in [-0.39, 0.29) is 22.2 Å². The van der Waals surface area contributed by atoms with Crippen LogP contribution >= 0.6 is 11.6 Å². The maximum absolute atomic E-state index is 11.9. The molecule has 1 rings (SSSR count). The third-order valence-corrected chi connectivity index (χ3v) is 3.62. The van der Waals surface area contributed by atoms with Gasteiger partial charge in [-0.25, -0.2) is 13.4 Å². The van der Waals surface area contributed by atoms with Gasteiger partial charge in [0.15, 0.2) is 0 Å². The van der Waals surface area contributed by atoms with Crippen LogP contribution in [0, 0.1) is 10.1 Å². The van der Waals surface area contributed by atoms with Crippen molar-refractivity contribution in [2.45, 2.75) is 13.0 Å². The number of carbonyl (C=O) groups is 1. The monoisotopic (exact) mass is 321 g/mol. The predicted molar refractivity (Wildman–Crippen MR) is 72.5 cm³/mol. The van der Waals surface area contributed by atoms with Crippen molar-refractivity contribution in [3.05, 3.63) is 33.1 Å². The second kappa shape index (κ2) is 6.14. The summed E-state index contributed by atoms with van der Waals surface area (Å²) in [5.74, 6) is -0.971. The smallest absolute Gasteiger partial charge is 0.288 e. The second-order valence-corrected chi connectivity index (χ2v) is 6.80. The van der Waals surface area contributed by atoms with Crippen LogP contribution in [-0.2, 0) is 9.84 Å². The van der Waals surface area contributed by atoms with Crippen LogP contribution in [0.1, 0.15) is 17.3 Å². The van der Waals surface area contributed by atoms with E-state index < -0.39 is 26.7 Å². The van der Waals surface area contributed by atoms with Crippen molar-refractivity contribution in [1.29, 1.82) is 0 Å². The van der Waals surface area contributed by atoms with Crippen molar-refractivity contribution < 1.29 is 18.1 Å². The SMILES string of the molecule is CC(CS(C)(=O)=O)NC(=O)c1cc([N+](=O)[O-])cnc1Cl. The summed E-state index contributed by atoms with van der Waals surface area (Å²) in [6.45, 7) is 1.50. The van der Waals surface area contributed by atoms with Crippen LogP contribution in [0.15, 0.2) is 12.3 Å². The molecular formula is C10H12ClN3O5S. The molecule has 0 radical (unpaired) electrons. The van der Waals surface area contributed by atoms with E-state index in [1.165, 1.54) is 6.92 Å². The van der Waals surface area contributed by atoms with Crippen molar-refractivity contribution in [2.24, 2.45) is 0 Å². The molecule has 20 heavy (non-hydrogen) atoms. The lowest BCUT2D eigenvalue weighted by Gasteiger charge is -2.13. The van der Waals surface area contributed by atoms with Gasteiger partial charge in [0, 0.05) is 18.4 Å². The number of rotatable bonds is 5. The van der Waals surface area contributed by atoms with Gasteiger partial charge in [0.05, 0.1) is 16.2 Å². The van der Waals surface area contributed by atoms with Crippen molar-refractivity contribution in [3.63, 3.8) is 0 Å². The molecule has 0 aromatic carbocycles. The zero-order valence-corrected chi connectivity index (χ0v) is 12.2. The van der Waals surface area contributed by atoms with Gasteiger partial charge in [-0.2, -0.15) is 0 Å². The minimum absolute atomic E-state index is 0.179. The van der Waals surface area contributed by atoms with Gasteiger partial charge < -0.3 is 5.32 Å². The maximum atomic E-state index is 11.9. The van der Waals surface area contributed by atoms with Crippen LogP contribution in [0.25, 0.3) is 0 Å². The van der Waals surface area contributed by atoms with E-state index in [4.69, 9.17) is 11.6 Å². The molecule has 0 aliphatic rings. The predicted octanol–water partition coefficient (Wildman–Crippen LogP) is 0.806. The summed E-state index contributed by atoms with van der Waals surface area (Å²) in [4.78, 5) is 25.3. The van der Waals surface area contributed by atoms with Gasteiger partial charge in [0.25, 0.3) is 11.6 Å². The molecule has 0 aliphatic heterocycles. The largest absolute Gasteiger partial charge is 0.348 e. The van der Waals surface area contributed by atoms with Gasteiger partial charge in [0.1, 0.15) is 21.2 Å². The topological polar surface area (TPSA) is 119 Å². The fraction of sp³-hybridized carbons (Fsp3) is 0.400. The summed E-state index contributed by atoms with van der Waals surface area (Å²) in [5.41, 5.74) is -0.559. The third kappa shape index (κ3) is 4.74. The first-order valence-electron chi connectivity index (χ1n) is 5.38. The molecule has 0 aliphatic carbocycles. The third-order valence-electron chi connectivity index (χ3n) is 2.21. The number of pyridine rings is 1. The van der Waals surface area contributed by atoms with Gasteiger partial charge >= 0.3 is 0 Å². The van der Waals surface area contributed by atoms with Gasteiger partial charge in [-0.3, -0.25) is 14.9 Å². The molecule has 0 bridgehead atoms. The van der Waals surface area contributed by atoms with Gasteiger partial charge in [0.2, 0.25) is 0 Å². The number of hydrogen-bond acceptors (Lipinski definition) is 6. The molecule has 10 heteroatoms. The molecule has 1 aromatic rings. The van der Waals surface area contributed by atoms with Crippen LogP contribution in [0.5, 0.6) is 0 Å². The zero-order valence-electron chi connectivity index (χ0n) is 10.7. The van der Waals surface area contributed by atoms with E-state index >= 15 is 0 Å². The molecule has 1 amide bonds. The molecule has 0 saturated heterocycles. The van der Waals surface area contributed by atoms with E-state index in [9.17, 15) is 23.3 Å². The number of carbonyl (C=O) groups excluding carboxylic acids is 1. The van der Waals surface area contributed by atoms with Crippen molar-refractivity contribution >= 4 is 33.0 Å². The second-order valence-electron chi connectivity index (χ2n) is 4.26. The number of nitro groups is 1. The van der Waals surface area contributed by atoms with E-state index in [0.29, 0.717) is 0 Å². The van der Waals surface area contributed by atoms with Crippen molar-refractivity contribution in [3.8, 4) is 0 Å². The number of halogens is 1. The lowest BCUT2D eigenvalue weighted by atomic mass is 10.2. The van der Waals surface area contributed by atoms with Crippen molar-refractivity contribution in [2.75, 3.05) is 12.0 Å². The average molecular weight is 322 g/mol. The molecule has 110 valence electrons. The van der Waals surface area contributed by atoms with Crippen molar-refractivity contribution in [1.82, 2.24) is 10.3 Å². The Morgan fingerprint density at radius 3 is 2.70 bits per heavy atom. The first-order chi connectivity index (χ1) is 9.10. The van der Waals surface area contributed by atoms with Crippen LogP contribution in [0.2, 0.25) is 5.15 Å². The molecule has 8 nitrogen and oxygen atoms in total. The first kappa shape index (κ1) is 16.3. The quantitative estimate of drug-likeness (QED) is 0.487. The summed E-state index contributed by atoms with van der Waals surface area (Å²) >= 11 is 5.70. The summed E-state index contributed by atoms with van der Waals surface area (Å²) < 4.78 is 22.2. The molecule has 1 N–H and O–H groups in total. The highest BCUT2D eigenvalue weighted by Crippen LogP contribution is 2.19. The summed E-state index contributed by atoms with van der Waals surface area (Å²) in [5, 5.41) is 12.8. The minimum atomic E-state index is -3.25. The summed E-state index contributed by atoms with van der Waals surface area (Å²) in [7, 11) is -3.25. The number of hydrogen-bond donors (Lipinski definition) is 1. The molecule has 1 heterocycles. The lowest BCUT2D eigenvalue weighted by molar-refractivity contribution is -0.385. The normalized spacial score (nSPS) is 12.8. The van der Waals surface area contributed by atoms with Crippen LogP contribution in [0.4, 0.5) is 5.69 Å². The highest BCUT2D eigenvalue weighted by Gasteiger charge is 2.20. The standard InChI is InChI=1S/C10H12ClN3O5S/c1-6(5-20(2,18)19)13-10(15)8-3-7(14(16)17)4-12-9(8)11/h3-4,6H,5H2,1-2H3,(H,13,15). The Hall–Kier alpha value is -1.74. The Bertz CT molecular complexity index is 646. The number of nitrogens with one attached hydrogen (secondary N) is 1. The van der Waals surface area contributed by atoms with E-state index in [2.05, 4.69) is 10.3 Å². The highest BCUT2D eigenvalue weighted by molar-refractivity contribution is 7.90. The fourth-order valence-corrected chi connectivity index (χ4v) is 2.67. The maximum Gasteiger partial charge on any atom is 0.288 e. The molecule has 1 atom stereocenters. The Labute approximate surface area is 120 Å². The molecule has 0 fully saturated rings. The molecule has 0 spiro atoms. The van der Waals surface area contributed by atoms with E-state index in [1.54, 1.807) is 0 Å². The number of aromatic nitrogens is 1.